The number of thiol groups is 2. The van der Waals surface area contributed by atoms with Gasteiger partial charge < -0.3 is 99.6 Å². The van der Waals surface area contributed by atoms with Gasteiger partial charge in [0.25, 0.3) is 0 Å². The maximum atomic E-state index is 14.2. The van der Waals surface area contributed by atoms with Crippen LogP contribution in [0.2, 0.25) is 0 Å². The van der Waals surface area contributed by atoms with E-state index in [0.717, 1.165) is 4.90 Å². The molecule has 36 heteroatoms. The topological polar surface area (TPSA) is 530 Å². The predicted molar refractivity (Wildman–Crippen MR) is 331 cm³/mol. The number of carbonyl (C=O) groups excluding carboxylic acids is 12. The van der Waals surface area contributed by atoms with Crippen molar-refractivity contribution in [3.05, 3.63) is 54.1 Å². The van der Waals surface area contributed by atoms with Crippen molar-refractivity contribution >= 4 is 108 Å². The molecule has 0 spiro atoms. The number of benzene rings is 1. The summed E-state index contributed by atoms with van der Waals surface area (Å²) >= 11 is 7.86. The van der Waals surface area contributed by atoms with E-state index in [1.807, 2.05) is 0 Å². The molecule has 12 amide bonds. The normalized spacial score (nSPS) is 16.6. The summed E-state index contributed by atoms with van der Waals surface area (Å²) in [5.41, 5.74) is 6.64. The van der Waals surface area contributed by atoms with Crippen LogP contribution in [-0.4, -0.2) is 241 Å². The van der Waals surface area contributed by atoms with Gasteiger partial charge in [-0.05, 0) is 36.7 Å². The molecule has 1 saturated heterocycles. The van der Waals surface area contributed by atoms with Gasteiger partial charge in [0.15, 0.2) is 0 Å². The summed E-state index contributed by atoms with van der Waals surface area (Å²) in [6, 6.07) is -7.90. The average molecular weight is 1340 g/mol. The molecule has 1 aliphatic heterocycles. The smallest absolute Gasteiger partial charge is 0.327 e. The second kappa shape index (κ2) is 39.7. The van der Waals surface area contributed by atoms with Crippen molar-refractivity contribution in [2.75, 3.05) is 51.0 Å². The molecule has 1 aromatic carbocycles. The number of aromatic nitrogens is 2. The molecule has 3 rings (SSSR count). The second-order valence-electron chi connectivity index (χ2n) is 21.7. The number of rotatable bonds is 40. The maximum absolute atomic E-state index is 14.2. The number of aliphatic hydroxyl groups is 3. The summed E-state index contributed by atoms with van der Waals surface area (Å²) in [5.74, 6) is -15.7. The van der Waals surface area contributed by atoms with Crippen molar-refractivity contribution in [3.63, 3.8) is 0 Å². The monoisotopic (exact) mass is 1340 g/mol. The zero-order valence-electron chi connectivity index (χ0n) is 51.2. The van der Waals surface area contributed by atoms with Crippen molar-refractivity contribution in [2.24, 2.45) is 17.6 Å². The largest absolute Gasteiger partial charge is 0.481 e. The van der Waals surface area contributed by atoms with Gasteiger partial charge in [0.05, 0.1) is 45.3 Å². The summed E-state index contributed by atoms with van der Waals surface area (Å²) in [5, 5.41) is 75.2. The summed E-state index contributed by atoms with van der Waals surface area (Å²) in [6.45, 7) is 2.18. The molecule has 0 aliphatic carbocycles. The predicted octanol–water partition coefficient (Wildman–Crippen LogP) is -7.01. The number of amides is 12. The lowest BCUT2D eigenvalue weighted by Gasteiger charge is -2.31. The maximum Gasteiger partial charge on any atom is 0.327 e. The zero-order valence-corrected chi connectivity index (χ0v) is 53.0. The van der Waals surface area contributed by atoms with Crippen LogP contribution < -0.4 is 64.2 Å². The Labute approximate surface area is 540 Å². The number of aliphatic carboxylic acids is 2. The van der Waals surface area contributed by atoms with Gasteiger partial charge in [0.2, 0.25) is 70.9 Å². The van der Waals surface area contributed by atoms with Crippen molar-refractivity contribution in [3.8, 4) is 0 Å². The minimum atomic E-state index is -1.72. The first-order chi connectivity index (χ1) is 43.7. The lowest BCUT2D eigenvalue weighted by Crippen LogP contribution is -2.62. The number of likely N-dealkylation sites (tertiary alicyclic amines) is 1. The molecule has 34 nitrogen and oxygen atoms in total. The molecule has 0 radical (unpaired) electrons. The molecule has 0 bridgehead atoms. The molecule has 19 N–H and O–H groups in total. The van der Waals surface area contributed by atoms with E-state index in [0.29, 0.717) is 24.1 Å². The van der Waals surface area contributed by atoms with Gasteiger partial charge in [-0.15, -0.1) is 0 Å². The SMILES string of the molecule is CC[C@H](C)[C@H](NC(=O)[C@H](Cc1cnc[nH]1)NC(=O)[C@H](CCC(=O)O)NC(=O)[C@@H](N)CS)C(=O)N[C@H](C(=O)N[C@@H](CO)C(=O)NCC(=O)N1CCC[C@H]1C(=O)NCC(=O)N[C@@H](CO)C(=O)N[C@@H](Cc1ccccc1)C(=O)N[C@@H](CO)C(=O)N[C@@H](CS)C(=O)O)[C@@H](C)CC. The van der Waals surface area contributed by atoms with Crippen LogP contribution in [0.4, 0.5) is 0 Å². The van der Waals surface area contributed by atoms with Crippen LogP contribution in [0.5, 0.6) is 0 Å². The van der Waals surface area contributed by atoms with E-state index >= 15 is 0 Å². The highest BCUT2D eigenvalue weighted by atomic mass is 32.1. The number of carboxylic acid groups (broad SMARTS) is 2. The van der Waals surface area contributed by atoms with E-state index in [1.165, 1.54) is 12.5 Å². The van der Waals surface area contributed by atoms with Gasteiger partial charge >= 0.3 is 11.9 Å². The molecule has 0 saturated carbocycles. The number of hydrogen-bond donors (Lipinski definition) is 20. The fourth-order valence-corrected chi connectivity index (χ4v) is 9.47. The highest BCUT2D eigenvalue weighted by Gasteiger charge is 2.39. The van der Waals surface area contributed by atoms with Crippen LogP contribution in [-0.2, 0) is 80.0 Å². The van der Waals surface area contributed by atoms with Crippen LogP contribution >= 0.6 is 25.3 Å². The summed E-state index contributed by atoms with van der Waals surface area (Å²) in [6.07, 6.45) is 2.32. The van der Waals surface area contributed by atoms with Crippen molar-refractivity contribution < 1.29 is 92.7 Å². The van der Waals surface area contributed by atoms with Gasteiger partial charge in [-0.2, -0.15) is 25.3 Å². The van der Waals surface area contributed by atoms with Crippen LogP contribution in [0.15, 0.2) is 42.9 Å². The molecule has 1 aliphatic rings. The molecule has 0 unspecified atom stereocenters. The van der Waals surface area contributed by atoms with Crippen LogP contribution in [0.3, 0.4) is 0 Å². The zero-order chi connectivity index (χ0) is 68.8. The van der Waals surface area contributed by atoms with Crippen molar-refractivity contribution in [2.45, 2.75) is 146 Å². The van der Waals surface area contributed by atoms with Crippen molar-refractivity contribution in [1.82, 2.24) is 73.4 Å². The fraction of sp³-hybridized carbons (Fsp3) is 0.589. The lowest BCUT2D eigenvalue weighted by atomic mass is 9.94. The fourth-order valence-electron chi connectivity index (χ4n) is 9.06. The van der Waals surface area contributed by atoms with E-state index in [2.05, 4.69) is 93.7 Å². The Morgan fingerprint density at radius 2 is 1.09 bits per heavy atom. The Bertz CT molecular complexity index is 2860. The third-order valence-electron chi connectivity index (χ3n) is 14.9. The van der Waals surface area contributed by atoms with Crippen molar-refractivity contribution in [1.29, 1.82) is 0 Å². The van der Waals surface area contributed by atoms with Gasteiger partial charge in [-0.3, -0.25) is 62.3 Å². The number of imidazole rings is 1. The van der Waals surface area contributed by atoms with Gasteiger partial charge in [0, 0.05) is 49.2 Å². The molecular weight excluding hydrogens is 1250 g/mol. The molecule has 92 heavy (non-hydrogen) atoms. The molecular formula is C56H85N15O19S2. The first-order valence-corrected chi connectivity index (χ1v) is 30.8. The summed E-state index contributed by atoms with van der Waals surface area (Å²) in [7, 11) is 0. The Balaban J connectivity index is 1.66. The third-order valence-corrected chi connectivity index (χ3v) is 15.7. The van der Waals surface area contributed by atoms with Crippen LogP contribution in [0, 0.1) is 11.8 Å². The molecule has 13 atom stereocenters. The minimum Gasteiger partial charge on any atom is -0.481 e. The number of nitrogens with one attached hydrogen (secondary N) is 12. The quantitative estimate of drug-likeness (QED) is 0.0276. The number of hydrogen-bond acceptors (Lipinski definition) is 21. The number of nitrogens with two attached hydrogens (primary N) is 1. The molecule has 2 heterocycles. The highest BCUT2D eigenvalue weighted by Crippen LogP contribution is 2.18. The van der Waals surface area contributed by atoms with E-state index in [9.17, 15) is 92.7 Å². The third kappa shape index (κ3) is 25.0. The second-order valence-corrected chi connectivity index (χ2v) is 22.4. The van der Waals surface area contributed by atoms with E-state index in [-0.39, 0.29) is 50.2 Å². The molecule has 1 fully saturated rings. The average Bonchev–Trinajstić information content (AvgIpc) is 1.51. The Morgan fingerprint density at radius 1 is 0.598 bits per heavy atom. The number of aliphatic hydroxyl groups excluding tert-OH is 3. The van der Waals surface area contributed by atoms with Crippen LogP contribution in [0.25, 0.3) is 0 Å². The van der Waals surface area contributed by atoms with E-state index in [4.69, 9.17) is 5.73 Å². The standard InChI is InChI=1S/C56H85N15O19S2/c1-5-28(3)44(70-55(88)45(29(4)6-2)69-50(83)35(18-31-19-58-27-61-31)65-48(81)33(14-15-43(77)78)63-46(79)32(57)25-91)54(87)67-36(22-72)47(80)60-21-42(76)71-16-10-13-40(71)53(86)59-20-41(75)62-37(23-73)51(84)64-34(17-30-11-8-7-9-12-30)49(82)66-38(24-74)52(85)68-39(26-92)56(89)90/h7-9,11-12,19,27-29,32-40,44-45,72-74,91-92H,5-6,10,13-18,20-26,57H2,1-4H3,(H,58,61)(H,59,86)(H,60,80)(H,62,75)(H,63,79)(H,64,84)(H,65,81)(H,66,82)(H,67,87)(H,68,85)(H,69,83)(H,70,88)(H,77,78)(H,89,90)/t28-,29-,32-,33-,34-,35-,36-,37-,38-,39-,40-,44-,45-/m0/s1. The number of carboxylic acids is 2. The lowest BCUT2D eigenvalue weighted by molar-refractivity contribution is -0.142. The van der Waals surface area contributed by atoms with Crippen LogP contribution in [0.1, 0.15) is 77.5 Å². The highest BCUT2D eigenvalue weighted by molar-refractivity contribution is 7.80. The first-order valence-electron chi connectivity index (χ1n) is 29.5. The van der Waals surface area contributed by atoms with Gasteiger partial charge in [-0.25, -0.2) is 9.78 Å². The summed E-state index contributed by atoms with van der Waals surface area (Å²) < 4.78 is 0. The first kappa shape index (κ1) is 77.8. The number of carbonyl (C=O) groups is 14. The number of nitrogens with zero attached hydrogens (tertiary/aromatic N) is 2. The van der Waals surface area contributed by atoms with E-state index < -0.39 is 200 Å². The summed E-state index contributed by atoms with van der Waals surface area (Å²) in [4.78, 5) is 193. The van der Waals surface area contributed by atoms with Gasteiger partial charge in [0.1, 0.15) is 60.4 Å². The number of aromatic amines is 1. The Kier molecular flexibility index (Phi) is 33.6. The molecule has 510 valence electrons. The molecule has 2 aromatic rings. The molecule has 1 aromatic heterocycles. The Morgan fingerprint density at radius 3 is 1.62 bits per heavy atom. The van der Waals surface area contributed by atoms with Gasteiger partial charge in [-0.1, -0.05) is 70.9 Å². The van der Waals surface area contributed by atoms with E-state index in [1.54, 1.807) is 58.0 Å². The Hall–Kier alpha value is -8.45. The minimum absolute atomic E-state index is 0.0288. The number of H-pyrrole nitrogens is 1.